The summed E-state index contributed by atoms with van der Waals surface area (Å²) in [4.78, 5) is 0. The molecule has 5 heteroatoms. The monoisotopic (exact) mass is 235 g/mol. The normalized spacial score (nSPS) is 10.3. The van der Waals surface area contributed by atoms with Crippen molar-refractivity contribution in [2.45, 2.75) is 13.3 Å². The lowest BCUT2D eigenvalue weighted by molar-refractivity contribution is 0.321. The van der Waals surface area contributed by atoms with E-state index in [0.717, 1.165) is 22.2 Å². The van der Waals surface area contributed by atoms with E-state index < -0.39 is 0 Å². The molecular formula is C11H13N3OS. The van der Waals surface area contributed by atoms with Crippen LogP contribution < -0.4 is 10.5 Å². The predicted octanol–water partition coefficient (Wildman–Crippen LogP) is 2.05. The molecule has 0 fully saturated rings. The number of hydrogen-bond acceptors (Lipinski definition) is 5. The van der Waals surface area contributed by atoms with Gasteiger partial charge in [-0.05, 0) is 19.1 Å². The molecule has 4 nitrogen and oxygen atoms in total. The fourth-order valence-corrected chi connectivity index (χ4v) is 1.99. The van der Waals surface area contributed by atoms with E-state index in [9.17, 15) is 0 Å². The standard InChI is InChI=1S/C11H13N3OS/c1-8-13-14-11(16-8)5-6-15-10-4-2-3-9(12)7-10/h2-4,7H,5-6,12H2,1H3. The Bertz CT molecular complexity index is 470. The smallest absolute Gasteiger partial charge is 0.121 e. The number of aromatic nitrogens is 2. The Labute approximate surface area is 98.1 Å². The molecule has 1 aromatic heterocycles. The largest absolute Gasteiger partial charge is 0.493 e. The Balaban J connectivity index is 1.84. The van der Waals surface area contributed by atoms with Gasteiger partial charge in [0, 0.05) is 18.2 Å². The summed E-state index contributed by atoms with van der Waals surface area (Å²) in [6.07, 6.45) is 0.778. The van der Waals surface area contributed by atoms with Crippen molar-refractivity contribution in [1.82, 2.24) is 10.2 Å². The maximum absolute atomic E-state index is 5.64. The van der Waals surface area contributed by atoms with Crippen LogP contribution in [0.4, 0.5) is 5.69 Å². The van der Waals surface area contributed by atoms with Crippen molar-refractivity contribution in [3.05, 3.63) is 34.3 Å². The molecule has 16 heavy (non-hydrogen) atoms. The van der Waals surface area contributed by atoms with Crippen LogP contribution in [-0.2, 0) is 6.42 Å². The molecular weight excluding hydrogens is 222 g/mol. The average molecular weight is 235 g/mol. The van der Waals surface area contributed by atoms with Gasteiger partial charge in [0.25, 0.3) is 0 Å². The van der Waals surface area contributed by atoms with Crippen LogP contribution in [0.2, 0.25) is 0 Å². The lowest BCUT2D eigenvalue weighted by atomic mass is 10.3. The predicted molar refractivity (Wildman–Crippen MR) is 64.7 cm³/mol. The molecule has 0 bridgehead atoms. The summed E-state index contributed by atoms with van der Waals surface area (Å²) in [7, 11) is 0. The zero-order chi connectivity index (χ0) is 11.4. The summed E-state index contributed by atoms with van der Waals surface area (Å²) in [5, 5.41) is 9.96. The number of anilines is 1. The molecule has 0 unspecified atom stereocenters. The van der Waals surface area contributed by atoms with E-state index in [0.29, 0.717) is 12.3 Å². The van der Waals surface area contributed by atoms with Crippen LogP contribution in [0.1, 0.15) is 10.0 Å². The van der Waals surface area contributed by atoms with E-state index >= 15 is 0 Å². The van der Waals surface area contributed by atoms with Crippen molar-refractivity contribution in [3.63, 3.8) is 0 Å². The second-order valence-corrected chi connectivity index (χ2v) is 4.65. The molecule has 0 aliphatic heterocycles. The minimum Gasteiger partial charge on any atom is -0.493 e. The first-order chi connectivity index (χ1) is 7.74. The molecule has 2 rings (SSSR count). The van der Waals surface area contributed by atoms with Gasteiger partial charge >= 0.3 is 0 Å². The van der Waals surface area contributed by atoms with E-state index in [1.165, 1.54) is 0 Å². The van der Waals surface area contributed by atoms with E-state index in [1.54, 1.807) is 11.3 Å². The number of nitrogens with zero attached hydrogens (tertiary/aromatic N) is 2. The molecule has 84 valence electrons. The Morgan fingerprint density at radius 1 is 1.38 bits per heavy atom. The van der Waals surface area contributed by atoms with E-state index in [-0.39, 0.29) is 0 Å². The highest BCUT2D eigenvalue weighted by molar-refractivity contribution is 7.11. The first kappa shape index (κ1) is 10.9. The Hall–Kier alpha value is -1.62. The van der Waals surface area contributed by atoms with Crippen LogP contribution in [0.25, 0.3) is 0 Å². The van der Waals surface area contributed by atoms with Gasteiger partial charge in [-0.25, -0.2) is 0 Å². The van der Waals surface area contributed by atoms with Gasteiger partial charge in [-0.15, -0.1) is 21.5 Å². The molecule has 0 saturated heterocycles. The molecule has 0 aliphatic carbocycles. The summed E-state index contributed by atoms with van der Waals surface area (Å²) in [5.74, 6) is 0.793. The molecule has 0 radical (unpaired) electrons. The molecule has 0 amide bonds. The molecule has 1 heterocycles. The van der Waals surface area contributed by atoms with Crippen LogP contribution >= 0.6 is 11.3 Å². The van der Waals surface area contributed by atoms with Gasteiger partial charge in [0.2, 0.25) is 0 Å². The maximum atomic E-state index is 5.64. The van der Waals surface area contributed by atoms with Gasteiger partial charge < -0.3 is 10.5 Å². The van der Waals surface area contributed by atoms with Crippen molar-refractivity contribution in [2.24, 2.45) is 0 Å². The third-order valence-electron chi connectivity index (χ3n) is 2.01. The highest BCUT2D eigenvalue weighted by atomic mass is 32.1. The van der Waals surface area contributed by atoms with Crippen molar-refractivity contribution in [3.8, 4) is 5.75 Å². The first-order valence-corrected chi connectivity index (χ1v) is 5.83. The average Bonchev–Trinajstić information content (AvgIpc) is 2.64. The van der Waals surface area contributed by atoms with Crippen molar-refractivity contribution in [1.29, 1.82) is 0 Å². The fourth-order valence-electron chi connectivity index (χ4n) is 1.30. The third-order valence-corrected chi connectivity index (χ3v) is 2.91. The zero-order valence-electron chi connectivity index (χ0n) is 9.01. The number of hydrogen-bond donors (Lipinski definition) is 1. The Morgan fingerprint density at radius 3 is 2.94 bits per heavy atom. The van der Waals surface area contributed by atoms with Crippen LogP contribution in [0.15, 0.2) is 24.3 Å². The number of nitrogen functional groups attached to an aromatic ring is 1. The van der Waals surface area contributed by atoms with E-state index in [1.807, 2.05) is 31.2 Å². The van der Waals surface area contributed by atoms with Crippen LogP contribution in [0, 0.1) is 6.92 Å². The topological polar surface area (TPSA) is 61.0 Å². The molecule has 0 aliphatic rings. The second-order valence-electron chi connectivity index (χ2n) is 3.39. The lowest BCUT2D eigenvalue weighted by Crippen LogP contribution is -2.01. The number of nitrogens with two attached hydrogens (primary N) is 1. The SMILES string of the molecule is Cc1nnc(CCOc2cccc(N)c2)s1. The molecule has 1 aromatic carbocycles. The second kappa shape index (κ2) is 4.94. The molecule has 0 spiro atoms. The molecule has 2 N–H and O–H groups in total. The number of rotatable bonds is 4. The molecule has 0 atom stereocenters. The molecule has 0 saturated carbocycles. The highest BCUT2D eigenvalue weighted by Gasteiger charge is 2.01. The van der Waals surface area contributed by atoms with Crippen LogP contribution in [0.3, 0.4) is 0 Å². The van der Waals surface area contributed by atoms with Gasteiger partial charge in [0.1, 0.15) is 15.8 Å². The van der Waals surface area contributed by atoms with Gasteiger partial charge in [-0.2, -0.15) is 0 Å². The number of ether oxygens (including phenoxy) is 1. The first-order valence-electron chi connectivity index (χ1n) is 5.01. The maximum Gasteiger partial charge on any atom is 0.121 e. The van der Waals surface area contributed by atoms with Crippen LogP contribution in [0.5, 0.6) is 5.75 Å². The Kier molecular flexibility index (Phi) is 3.36. The van der Waals surface area contributed by atoms with Gasteiger partial charge in [-0.1, -0.05) is 6.07 Å². The van der Waals surface area contributed by atoms with E-state index in [2.05, 4.69) is 10.2 Å². The summed E-state index contributed by atoms with van der Waals surface area (Å²) in [5.41, 5.74) is 6.36. The zero-order valence-corrected chi connectivity index (χ0v) is 9.83. The summed E-state index contributed by atoms with van der Waals surface area (Å²) in [6.45, 7) is 2.54. The van der Waals surface area contributed by atoms with Gasteiger partial charge in [0.15, 0.2) is 0 Å². The summed E-state index contributed by atoms with van der Waals surface area (Å²) in [6, 6.07) is 7.41. The fraction of sp³-hybridized carbons (Fsp3) is 0.273. The summed E-state index contributed by atoms with van der Waals surface area (Å²) >= 11 is 1.60. The number of benzene rings is 1. The quantitative estimate of drug-likeness (QED) is 0.824. The summed E-state index contributed by atoms with van der Waals surface area (Å²) < 4.78 is 5.56. The van der Waals surface area contributed by atoms with Gasteiger partial charge in [-0.3, -0.25) is 0 Å². The highest BCUT2D eigenvalue weighted by Crippen LogP contribution is 2.15. The number of aryl methyl sites for hydroxylation is 1. The lowest BCUT2D eigenvalue weighted by Gasteiger charge is -2.04. The van der Waals surface area contributed by atoms with E-state index in [4.69, 9.17) is 10.5 Å². The van der Waals surface area contributed by atoms with Crippen molar-refractivity contribution >= 4 is 17.0 Å². The van der Waals surface area contributed by atoms with Gasteiger partial charge in [0.05, 0.1) is 6.61 Å². The van der Waals surface area contributed by atoms with Crippen LogP contribution in [-0.4, -0.2) is 16.8 Å². The third kappa shape index (κ3) is 2.93. The van der Waals surface area contributed by atoms with Crippen molar-refractivity contribution in [2.75, 3.05) is 12.3 Å². The van der Waals surface area contributed by atoms with Crippen molar-refractivity contribution < 1.29 is 4.74 Å². The Morgan fingerprint density at radius 2 is 2.25 bits per heavy atom. The minimum atomic E-state index is 0.595. The molecule has 2 aromatic rings. The minimum absolute atomic E-state index is 0.595.